The second-order valence-electron chi connectivity index (χ2n) is 10.3. The summed E-state index contributed by atoms with van der Waals surface area (Å²) in [6.07, 6.45) is -2.33. The number of methoxy groups -OCH3 is 1. The zero-order valence-electron chi connectivity index (χ0n) is 25.0. The van der Waals surface area contributed by atoms with Crippen LogP contribution < -0.4 is 20.5 Å². The maximum atomic E-state index is 13.6. The lowest BCUT2D eigenvalue weighted by atomic mass is 9.89. The first kappa shape index (κ1) is 35.8. The van der Waals surface area contributed by atoms with Crippen molar-refractivity contribution in [3.63, 3.8) is 0 Å². The summed E-state index contributed by atoms with van der Waals surface area (Å²) < 4.78 is 65.3. The Morgan fingerprint density at radius 1 is 1.09 bits per heavy atom. The van der Waals surface area contributed by atoms with E-state index in [0.717, 1.165) is 23.6 Å². The molecule has 0 bridgehead atoms. The van der Waals surface area contributed by atoms with Crippen molar-refractivity contribution < 1.29 is 36.9 Å². The fraction of sp³-hybridized carbons (Fsp3) is 0.419. The summed E-state index contributed by atoms with van der Waals surface area (Å²) >= 11 is 5.76. The predicted molar refractivity (Wildman–Crippen MR) is 159 cm³/mol. The first-order valence-corrected chi connectivity index (χ1v) is 14.0. The van der Waals surface area contributed by atoms with Gasteiger partial charge in [0, 0.05) is 11.1 Å². The first-order chi connectivity index (χ1) is 20.1. The van der Waals surface area contributed by atoms with E-state index in [0.29, 0.717) is 6.10 Å². The number of amides is 1. The predicted octanol–water partition coefficient (Wildman–Crippen LogP) is 6.80. The first-order valence-electron chi connectivity index (χ1n) is 13.6. The summed E-state index contributed by atoms with van der Waals surface area (Å²) in [5.41, 5.74) is 2.38. The number of pyridine rings is 1. The number of hydrogen-bond acceptors (Lipinski definition) is 6. The molecule has 0 aliphatic heterocycles. The van der Waals surface area contributed by atoms with Crippen LogP contribution in [-0.4, -0.2) is 42.4 Å². The van der Waals surface area contributed by atoms with Crippen molar-refractivity contribution in [2.45, 2.75) is 70.9 Å². The van der Waals surface area contributed by atoms with Crippen LogP contribution in [-0.2, 0) is 15.9 Å². The lowest BCUT2D eigenvalue weighted by Gasteiger charge is -2.31. The molecule has 1 amide bonds. The van der Waals surface area contributed by atoms with Gasteiger partial charge in [0.15, 0.2) is 11.5 Å². The average Bonchev–Trinajstić information content (AvgIpc) is 3.78. The van der Waals surface area contributed by atoms with E-state index in [1.165, 1.54) is 36.6 Å². The molecule has 0 radical (unpaired) electrons. The van der Waals surface area contributed by atoms with Gasteiger partial charge in [-0.2, -0.15) is 13.2 Å². The molecule has 7 nitrogen and oxygen atoms in total. The van der Waals surface area contributed by atoms with Gasteiger partial charge in [-0.25, -0.2) is 9.37 Å². The number of ether oxygens (including phenoxy) is 2. The second kappa shape index (κ2) is 14.9. The lowest BCUT2D eigenvalue weighted by Crippen LogP contribution is -2.50. The van der Waals surface area contributed by atoms with Crippen molar-refractivity contribution in [3.05, 3.63) is 76.2 Å². The van der Waals surface area contributed by atoms with E-state index >= 15 is 0 Å². The quantitative estimate of drug-likeness (QED) is 0.178. The Balaban J connectivity index is 0.000000356. The molecule has 4 rings (SSSR count). The number of benzene rings is 2. The van der Waals surface area contributed by atoms with E-state index in [9.17, 15) is 27.5 Å². The third-order valence-electron chi connectivity index (χ3n) is 6.26. The molecule has 2 aromatic carbocycles. The number of aryl methyl sites for hydroxylation is 1. The normalized spacial score (nSPS) is 14.3. The molecule has 12 heteroatoms. The van der Waals surface area contributed by atoms with Gasteiger partial charge in [-0.3, -0.25) is 4.79 Å². The van der Waals surface area contributed by atoms with E-state index in [2.05, 4.69) is 4.98 Å². The Kier molecular flexibility index (Phi) is 12.4. The van der Waals surface area contributed by atoms with Crippen LogP contribution in [0.15, 0.2) is 48.5 Å². The van der Waals surface area contributed by atoms with Crippen LogP contribution in [0, 0.1) is 12.7 Å². The Hall–Kier alpha value is -3.41. The van der Waals surface area contributed by atoms with Crippen LogP contribution in [0.1, 0.15) is 57.4 Å². The van der Waals surface area contributed by atoms with Crippen LogP contribution >= 0.6 is 11.6 Å². The highest BCUT2D eigenvalue weighted by Gasteiger charge is 2.56. The number of carbonyl (C=O) groups is 1. The summed E-state index contributed by atoms with van der Waals surface area (Å²) in [5.74, 6) is 1.01. The van der Waals surface area contributed by atoms with Gasteiger partial charge >= 0.3 is 6.18 Å². The van der Waals surface area contributed by atoms with Crippen molar-refractivity contribution in [1.29, 1.82) is 0 Å². The number of nitrogens with two attached hydrogens (primary N) is 1. The second-order valence-corrected chi connectivity index (χ2v) is 10.7. The number of aliphatic hydroxyl groups is 1. The van der Waals surface area contributed by atoms with Gasteiger partial charge in [-0.05, 0) is 87.2 Å². The van der Waals surface area contributed by atoms with Crippen LogP contribution in [0.5, 0.6) is 11.5 Å². The fourth-order valence-corrected chi connectivity index (χ4v) is 3.86. The number of aromatic nitrogens is 1. The topological polar surface area (TPSA) is 107 Å². The van der Waals surface area contributed by atoms with E-state index in [4.69, 9.17) is 26.8 Å². The SMILES string of the molecule is CC.CC(C)(N)c1cc(-c2ccc(F)c(Cl)c2)nc(C(O)(CNC=O)C(F)(F)F)c1.COc1cc(C)ccc1OC1CC1. The molecule has 3 aromatic rings. The Morgan fingerprint density at radius 3 is 2.26 bits per heavy atom. The van der Waals surface area contributed by atoms with Gasteiger partial charge < -0.3 is 25.6 Å². The number of nitrogens with one attached hydrogen (secondary N) is 1. The van der Waals surface area contributed by atoms with Crippen LogP contribution in [0.25, 0.3) is 11.3 Å². The minimum atomic E-state index is -5.15. The third kappa shape index (κ3) is 9.54. The van der Waals surface area contributed by atoms with Crippen LogP contribution in [0.2, 0.25) is 5.02 Å². The standard InChI is InChI=1S/C18H18ClF4N3O2.C11H14O2.C2H6/c1-16(2,24)11-6-14(10-3-4-13(20)12(19)5-10)26-15(7-11)17(28,8-25-9-27)18(21,22)23;1-8-3-6-10(11(7-8)12-2)13-9-4-5-9;1-2/h3-7,9,28H,8,24H2,1-2H3,(H,25,27);3,6-7,9H,4-5H2,1-2H3;1-2H3. The summed E-state index contributed by atoms with van der Waals surface area (Å²) in [6, 6.07) is 12.0. The summed E-state index contributed by atoms with van der Waals surface area (Å²) in [4.78, 5) is 14.4. The van der Waals surface area contributed by atoms with Gasteiger partial charge in [0.25, 0.3) is 0 Å². The molecule has 1 aliphatic carbocycles. The van der Waals surface area contributed by atoms with E-state index in [-0.39, 0.29) is 28.3 Å². The van der Waals surface area contributed by atoms with Gasteiger partial charge in [-0.15, -0.1) is 0 Å². The number of hydrogen-bond donors (Lipinski definition) is 3. The highest BCUT2D eigenvalue weighted by molar-refractivity contribution is 6.31. The molecule has 0 saturated heterocycles. The third-order valence-corrected chi connectivity index (χ3v) is 6.55. The van der Waals surface area contributed by atoms with Gasteiger partial charge in [0.2, 0.25) is 12.0 Å². The largest absolute Gasteiger partial charge is 0.493 e. The molecule has 43 heavy (non-hydrogen) atoms. The molecular weight excluding hydrogens is 590 g/mol. The summed E-state index contributed by atoms with van der Waals surface area (Å²) in [7, 11) is 1.68. The Bertz CT molecular complexity index is 1380. The number of rotatable bonds is 9. The van der Waals surface area contributed by atoms with Gasteiger partial charge in [-0.1, -0.05) is 31.5 Å². The van der Waals surface area contributed by atoms with E-state index in [1.807, 2.05) is 44.3 Å². The van der Waals surface area contributed by atoms with Crippen LogP contribution in [0.4, 0.5) is 17.6 Å². The number of carbonyl (C=O) groups excluding carboxylic acids is 1. The van der Waals surface area contributed by atoms with E-state index < -0.39 is 35.4 Å². The molecule has 4 N–H and O–H groups in total. The monoisotopic (exact) mass is 627 g/mol. The highest BCUT2D eigenvalue weighted by atomic mass is 35.5. The minimum Gasteiger partial charge on any atom is -0.493 e. The highest BCUT2D eigenvalue weighted by Crippen LogP contribution is 2.40. The lowest BCUT2D eigenvalue weighted by molar-refractivity contribution is -0.265. The van der Waals surface area contributed by atoms with Crippen molar-refractivity contribution in [1.82, 2.24) is 10.3 Å². The smallest absolute Gasteiger partial charge is 0.424 e. The fourth-order valence-electron chi connectivity index (χ4n) is 3.68. The van der Waals surface area contributed by atoms with Crippen molar-refractivity contribution >= 4 is 18.0 Å². The molecule has 1 fully saturated rings. The van der Waals surface area contributed by atoms with E-state index in [1.54, 1.807) is 21.0 Å². The zero-order valence-corrected chi connectivity index (χ0v) is 25.7. The maximum absolute atomic E-state index is 13.6. The molecule has 1 unspecified atom stereocenters. The van der Waals surface area contributed by atoms with Gasteiger partial charge in [0.1, 0.15) is 5.82 Å². The average molecular weight is 628 g/mol. The molecule has 236 valence electrons. The van der Waals surface area contributed by atoms with Crippen molar-refractivity contribution in [3.8, 4) is 22.8 Å². The molecule has 1 heterocycles. The maximum Gasteiger partial charge on any atom is 0.424 e. The van der Waals surface area contributed by atoms with Crippen molar-refractivity contribution in [2.24, 2.45) is 5.73 Å². The molecule has 1 atom stereocenters. The minimum absolute atomic E-state index is 0.00158. The number of halogens is 5. The molecule has 1 aromatic heterocycles. The summed E-state index contributed by atoms with van der Waals surface area (Å²) in [6.45, 7) is 8.02. The Morgan fingerprint density at radius 2 is 1.74 bits per heavy atom. The Labute approximate surface area is 254 Å². The van der Waals surface area contributed by atoms with Crippen molar-refractivity contribution in [2.75, 3.05) is 13.7 Å². The number of alkyl halides is 3. The zero-order chi connectivity index (χ0) is 32.6. The van der Waals surface area contributed by atoms with Crippen LogP contribution in [0.3, 0.4) is 0 Å². The number of nitrogens with zero attached hydrogens (tertiary/aromatic N) is 1. The van der Waals surface area contributed by atoms with Gasteiger partial charge in [0.05, 0.1) is 36.2 Å². The molecule has 0 spiro atoms. The molecule has 1 saturated carbocycles. The molecule has 1 aliphatic rings. The summed E-state index contributed by atoms with van der Waals surface area (Å²) in [5, 5.41) is 12.0. The molecular formula is C31H38ClF4N3O4.